The van der Waals surface area contributed by atoms with Crippen LogP contribution < -0.4 is 5.32 Å². The molecule has 1 aliphatic heterocycles. The Morgan fingerprint density at radius 3 is 2.16 bits per heavy atom. The number of nitrogens with one attached hydrogen (secondary N) is 1. The van der Waals surface area contributed by atoms with Crippen LogP contribution in [0.5, 0.6) is 0 Å². The first-order valence-electron chi connectivity index (χ1n) is 20.8. The molecule has 7 N–H and O–H groups in total. The third-order valence-electron chi connectivity index (χ3n) is 13.1. The molecule has 6 aliphatic rings. The van der Waals surface area contributed by atoms with Crippen molar-refractivity contribution in [2.45, 2.75) is 146 Å². The molecule has 6 fully saturated rings. The highest BCUT2D eigenvalue weighted by molar-refractivity contribution is 5.88. The van der Waals surface area contributed by atoms with Crippen LogP contribution in [0.25, 0.3) is 0 Å². The zero-order chi connectivity index (χ0) is 42.2. The minimum absolute atomic E-state index is 0.00370. The van der Waals surface area contributed by atoms with Crippen LogP contribution in [0.3, 0.4) is 0 Å². The molecule has 0 aromatic heterocycles. The van der Waals surface area contributed by atoms with Crippen LogP contribution in [0.1, 0.15) is 90.2 Å². The number of carbonyl (C=O) groups is 3. The molecular formula is C42H63N5O11. The molecule has 5 aliphatic carbocycles. The van der Waals surface area contributed by atoms with Gasteiger partial charge in [-0.25, -0.2) is 9.59 Å². The predicted molar refractivity (Wildman–Crippen MR) is 209 cm³/mol. The Balaban J connectivity index is 1.09. The average molecular weight is 814 g/mol. The molecule has 4 bridgehead atoms. The Bertz CT molecular complexity index is 1650. The lowest BCUT2D eigenvalue weighted by molar-refractivity contribution is -0.203. The molecule has 58 heavy (non-hydrogen) atoms. The molecule has 7 rings (SSSR count). The highest BCUT2D eigenvalue weighted by atomic mass is 16.6. The molecule has 16 nitrogen and oxygen atoms in total. The number of nitriles is 1. The number of likely N-dealkylation sites (N-methyl/N-ethyl adjacent to an activating group) is 1. The van der Waals surface area contributed by atoms with Gasteiger partial charge in [0.1, 0.15) is 36.0 Å². The van der Waals surface area contributed by atoms with Crippen molar-refractivity contribution < 1.29 is 54.5 Å². The zero-order valence-electron chi connectivity index (χ0n) is 34.2. The first kappa shape index (κ1) is 44.0. The van der Waals surface area contributed by atoms with Gasteiger partial charge >= 0.3 is 12.2 Å². The summed E-state index contributed by atoms with van der Waals surface area (Å²) >= 11 is 0. The molecule has 0 unspecified atom stereocenters. The molecule has 0 spiro atoms. The van der Waals surface area contributed by atoms with Gasteiger partial charge in [-0.1, -0.05) is 31.2 Å². The molecule has 10 atom stereocenters. The largest absolute Gasteiger partial charge is 0.465 e. The van der Waals surface area contributed by atoms with E-state index in [4.69, 9.17) is 14.6 Å². The van der Waals surface area contributed by atoms with Crippen LogP contribution in [0.2, 0.25) is 0 Å². The molecule has 1 aromatic rings. The van der Waals surface area contributed by atoms with Gasteiger partial charge in [-0.05, 0) is 108 Å². The topological polar surface area (TPSA) is 237 Å². The number of aliphatic hydroxyl groups is 5. The number of hydrogen-bond acceptors (Lipinski definition) is 12. The second-order valence-corrected chi connectivity index (χ2v) is 18.8. The summed E-state index contributed by atoms with van der Waals surface area (Å²) in [5, 5.41) is 72.5. The van der Waals surface area contributed by atoms with Crippen LogP contribution in [0.4, 0.5) is 9.59 Å². The van der Waals surface area contributed by atoms with E-state index in [0.717, 1.165) is 49.7 Å². The number of carboxylic acid groups (broad SMARTS) is 1. The number of rotatable bonds is 18. The van der Waals surface area contributed by atoms with Gasteiger partial charge in [0.05, 0.1) is 31.0 Å². The molecule has 1 heterocycles. The average Bonchev–Trinajstić information content (AvgIpc) is 3.82. The maximum Gasteiger partial charge on any atom is 0.408 e. The Morgan fingerprint density at radius 1 is 0.966 bits per heavy atom. The second-order valence-electron chi connectivity index (χ2n) is 18.8. The Kier molecular flexibility index (Phi) is 13.3. The minimum atomic E-state index is -1.70. The van der Waals surface area contributed by atoms with Crippen molar-refractivity contribution in [2.75, 3.05) is 32.8 Å². The van der Waals surface area contributed by atoms with Crippen molar-refractivity contribution in [2.24, 2.45) is 23.2 Å². The van der Waals surface area contributed by atoms with Gasteiger partial charge in [-0.2, -0.15) is 5.26 Å². The molecule has 1 aromatic carbocycles. The summed E-state index contributed by atoms with van der Waals surface area (Å²) in [6.07, 6.45) is -1.84. The molecule has 322 valence electrons. The smallest absolute Gasteiger partial charge is 0.408 e. The van der Waals surface area contributed by atoms with Crippen molar-refractivity contribution in [1.82, 2.24) is 20.0 Å². The number of benzene rings is 1. The van der Waals surface area contributed by atoms with Crippen molar-refractivity contribution >= 4 is 18.1 Å². The second kappa shape index (κ2) is 17.6. The van der Waals surface area contributed by atoms with Crippen LogP contribution in [-0.2, 0) is 27.4 Å². The van der Waals surface area contributed by atoms with E-state index in [1.54, 1.807) is 25.7 Å². The molecule has 0 radical (unpaired) electrons. The minimum Gasteiger partial charge on any atom is -0.465 e. The van der Waals surface area contributed by atoms with Crippen LogP contribution in [-0.4, -0.2) is 150 Å². The molecule has 3 amide bonds. The Morgan fingerprint density at radius 2 is 1.59 bits per heavy atom. The number of likely N-dealkylation sites (tertiary alicyclic amines) is 1. The van der Waals surface area contributed by atoms with Crippen molar-refractivity contribution in [3.8, 4) is 6.07 Å². The van der Waals surface area contributed by atoms with E-state index < -0.39 is 71.9 Å². The number of nitrogens with zero attached hydrogens (tertiary/aromatic N) is 4. The number of ether oxygens (including phenoxy) is 2. The van der Waals surface area contributed by atoms with E-state index in [0.29, 0.717) is 31.8 Å². The number of fused-ring (bicyclic) bond motifs is 1. The number of amides is 3. The van der Waals surface area contributed by atoms with Gasteiger partial charge < -0.3 is 55.2 Å². The number of alkyl carbamates (subject to hydrolysis) is 1. The first-order chi connectivity index (χ1) is 27.4. The quantitative estimate of drug-likeness (QED) is 0.113. The molecule has 16 heteroatoms. The normalized spacial score (nSPS) is 30.8. The Labute approximate surface area is 340 Å². The van der Waals surface area contributed by atoms with Gasteiger partial charge in [-0.3, -0.25) is 9.69 Å². The zero-order valence-corrected chi connectivity index (χ0v) is 34.2. The lowest BCUT2D eigenvalue weighted by atomic mass is 9.46. The summed E-state index contributed by atoms with van der Waals surface area (Å²) in [7, 11) is 0. The third-order valence-corrected chi connectivity index (χ3v) is 13.1. The van der Waals surface area contributed by atoms with Crippen molar-refractivity contribution in [3.63, 3.8) is 0 Å². The van der Waals surface area contributed by atoms with E-state index >= 15 is 0 Å². The maximum atomic E-state index is 14.6. The monoisotopic (exact) mass is 813 g/mol. The summed E-state index contributed by atoms with van der Waals surface area (Å²) in [4.78, 5) is 45.3. The lowest BCUT2D eigenvalue weighted by Crippen LogP contribution is -2.67. The SMILES string of the molecule is CCN(Cc1ccc(CN(CCOC23C[C@H]4C[C@H](C2)CC([C@H](NC(=O)OC(C)(C)C)C(=O)N2[C@H](C#N)C[C@@H]5C[C@@H]52)(C4)C3)C(=O)O)cc1)C[C@H](O)[C@@H](O)[C@H](O)[C@H](O)CO. The Hall–Kier alpha value is -3.56. The summed E-state index contributed by atoms with van der Waals surface area (Å²) in [6, 6.07) is 8.37. The van der Waals surface area contributed by atoms with Gasteiger partial charge in [-0.15, -0.1) is 0 Å². The van der Waals surface area contributed by atoms with E-state index in [1.807, 2.05) is 36.1 Å². The van der Waals surface area contributed by atoms with Gasteiger partial charge in [0.25, 0.3) is 0 Å². The van der Waals surface area contributed by atoms with Gasteiger partial charge in [0.15, 0.2) is 0 Å². The highest BCUT2D eigenvalue weighted by Gasteiger charge is 2.64. The first-order valence-corrected chi connectivity index (χ1v) is 20.8. The summed E-state index contributed by atoms with van der Waals surface area (Å²) in [6.45, 7) is 7.80. The van der Waals surface area contributed by atoms with E-state index in [9.17, 15) is 45.2 Å². The number of piperidine rings is 1. The van der Waals surface area contributed by atoms with E-state index in [1.165, 1.54) is 4.90 Å². The number of aliphatic hydroxyl groups excluding tert-OH is 5. The van der Waals surface area contributed by atoms with E-state index in [-0.39, 0.29) is 50.0 Å². The highest BCUT2D eigenvalue weighted by Crippen LogP contribution is 2.64. The molecule has 5 saturated carbocycles. The maximum absolute atomic E-state index is 14.6. The summed E-state index contributed by atoms with van der Waals surface area (Å²) in [5.41, 5.74) is -0.278. The fraction of sp³-hybridized carbons (Fsp3) is 0.762. The van der Waals surface area contributed by atoms with Gasteiger partial charge in [0.2, 0.25) is 5.91 Å². The fourth-order valence-electron chi connectivity index (χ4n) is 10.8. The third kappa shape index (κ3) is 9.89. The van der Waals surface area contributed by atoms with Crippen LogP contribution >= 0.6 is 0 Å². The van der Waals surface area contributed by atoms with E-state index in [2.05, 4.69) is 11.4 Å². The van der Waals surface area contributed by atoms with Crippen molar-refractivity contribution in [3.05, 3.63) is 35.4 Å². The molecular weight excluding hydrogens is 750 g/mol. The van der Waals surface area contributed by atoms with Crippen LogP contribution in [0, 0.1) is 34.5 Å². The standard InChI is InChI=1S/C42H63N5O11/c1-5-45(22-32(49)34(51)35(52)33(50)23-48)20-25-6-8-26(9-7-25)21-46(39(55)56)10-11-57-42-17-27-12-28(18-42)16-41(15-27,24-42)36(44-38(54)58-40(2,3)4)37(53)47-30(19-43)13-29-14-31(29)47/h6-9,27-36,48-52H,5,10-18,20-24H2,1-4H3,(H,44,54)(H,55,56)/t27-,28-,29+,30-,31-,32-,33+,34+,35+,36+,41?,42?/m0/s1. The summed E-state index contributed by atoms with van der Waals surface area (Å²) in [5.74, 6) is 0.684. The van der Waals surface area contributed by atoms with Gasteiger partial charge in [0, 0.05) is 37.6 Å². The fourth-order valence-corrected chi connectivity index (χ4v) is 10.8. The lowest BCUT2D eigenvalue weighted by Gasteiger charge is -2.63. The van der Waals surface area contributed by atoms with Crippen LogP contribution in [0.15, 0.2) is 24.3 Å². The predicted octanol–water partition coefficient (Wildman–Crippen LogP) is 2.19. The molecule has 1 saturated heterocycles. The number of carbonyl (C=O) groups excluding carboxylic acids is 2. The van der Waals surface area contributed by atoms with Crippen molar-refractivity contribution in [1.29, 1.82) is 5.26 Å². The number of hydrogen-bond donors (Lipinski definition) is 7. The summed E-state index contributed by atoms with van der Waals surface area (Å²) < 4.78 is 12.4.